The van der Waals surface area contributed by atoms with E-state index >= 15 is 0 Å². The average Bonchev–Trinajstić information content (AvgIpc) is 2.66. The third-order valence-corrected chi connectivity index (χ3v) is 6.58. The molecule has 8 nitrogen and oxygen atoms in total. The summed E-state index contributed by atoms with van der Waals surface area (Å²) >= 11 is 0. The number of esters is 1. The van der Waals surface area contributed by atoms with Crippen LogP contribution in [0.1, 0.15) is 45.0 Å². The van der Waals surface area contributed by atoms with Gasteiger partial charge < -0.3 is 10.1 Å². The maximum Gasteiger partial charge on any atom is 0.338 e. The molecule has 0 saturated carbocycles. The molecule has 0 fully saturated rings. The number of nitriles is 1. The van der Waals surface area contributed by atoms with E-state index in [4.69, 9.17) is 4.74 Å². The van der Waals surface area contributed by atoms with E-state index < -0.39 is 34.0 Å². The molecule has 0 unspecified atom stereocenters. The van der Waals surface area contributed by atoms with Crippen LogP contribution in [0.3, 0.4) is 0 Å². The number of hydrogen-bond acceptors (Lipinski definition) is 6. The van der Waals surface area contributed by atoms with Crippen molar-refractivity contribution in [2.45, 2.75) is 45.1 Å². The van der Waals surface area contributed by atoms with Gasteiger partial charge in [0.15, 0.2) is 6.61 Å². The summed E-state index contributed by atoms with van der Waals surface area (Å²) < 4.78 is 31.4. The maximum atomic E-state index is 12.6. The summed E-state index contributed by atoms with van der Waals surface area (Å²) in [6, 6.07) is 7.51. The van der Waals surface area contributed by atoms with Gasteiger partial charge in [-0.1, -0.05) is 33.8 Å². The molecule has 1 N–H and O–H groups in total. The number of benzene rings is 1. The van der Waals surface area contributed by atoms with Gasteiger partial charge in [-0.2, -0.15) is 9.57 Å². The number of rotatable bonds is 9. The molecule has 0 aromatic heterocycles. The highest BCUT2D eigenvalue weighted by atomic mass is 32.2. The number of amides is 1. The van der Waals surface area contributed by atoms with Gasteiger partial charge in [0.25, 0.3) is 5.91 Å². The quantitative estimate of drug-likeness (QED) is 0.623. The van der Waals surface area contributed by atoms with Crippen molar-refractivity contribution >= 4 is 21.9 Å². The average molecular weight is 410 g/mol. The Morgan fingerprint density at radius 3 is 2.39 bits per heavy atom. The normalized spacial score (nSPS) is 13.6. The Labute approximate surface area is 166 Å². The molecule has 0 radical (unpaired) electrons. The zero-order chi connectivity index (χ0) is 21.5. The molecule has 1 aromatic rings. The third kappa shape index (κ3) is 5.53. The summed E-state index contributed by atoms with van der Waals surface area (Å²) in [5.41, 5.74) is -1.06. The highest BCUT2D eigenvalue weighted by Gasteiger charge is 2.30. The predicted molar refractivity (Wildman–Crippen MR) is 104 cm³/mol. The van der Waals surface area contributed by atoms with Gasteiger partial charge in [0.1, 0.15) is 5.54 Å². The zero-order valence-electron chi connectivity index (χ0n) is 16.9. The predicted octanol–water partition coefficient (Wildman–Crippen LogP) is 1.93. The van der Waals surface area contributed by atoms with Crippen LogP contribution in [-0.2, 0) is 19.6 Å². The topological polar surface area (TPSA) is 117 Å². The lowest BCUT2D eigenvalue weighted by Gasteiger charge is -2.27. The van der Waals surface area contributed by atoms with Crippen LogP contribution in [0, 0.1) is 17.2 Å². The number of hydrogen-bond donors (Lipinski definition) is 1. The molecule has 0 bridgehead atoms. The fraction of sp³-hybridized carbons (Fsp3) is 0.526. The first-order valence-electron chi connectivity index (χ1n) is 9.01. The number of ether oxygens (including phenoxy) is 1. The van der Waals surface area contributed by atoms with Gasteiger partial charge >= 0.3 is 5.97 Å². The van der Waals surface area contributed by atoms with Crippen molar-refractivity contribution in [1.29, 1.82) is 5.26 Å². The van der Waals surface area contributed by atoms with Gasteiger partial charge in [0, 0.05) is 13.1 Å². The molecule has 0 spiro atoms. The van der Waals surface area contributed by atoms with E-state index in [1.807, 2.05) is 6.07 Å². The second kappa shape index (κ2) is 9.66. The van der Waals surface area contributed by atoms with Crippen LogP contribution >= 0.6 is 0 Å². The largest absolute Gasteiger partial charge is 0.452 e. The van der Waals surface area contributed by atoms with Crippen molar-refractivity contribution in [3.8, 4) is 6.07 Å². The molecule has 154 valence electrons. The van der Waals surface area contributed by atoms with E-state index in [1.54, 1.807) is 34.6 Å². The highest BCUT2D eigenvalue weighted by Crippen LogP contribution is 2.18. The first kappa shape index (κ1) is 23.6. The van der Waals surface area contributed by atoms with Gasteiger partial charge in [-0.25, -0.2) is 13.2 Å². The molecule has 0 heterocycles. The molecular formula is C19H27N3O5S. The minimum atomic E-state index is -3.72. The Bertz CT molecular complexity index is 857. The number of nitrogens with zero attached hydrogens (tertiary/aromatic N) is 2. The van der Waals surface area contributed by atoms with Crippen LogP contribution in [0.2, 0.25) is 0 Å². The molecule has 1 rings (SSSR count). The van der Waals surface area contributed by atoms with E-state index in [2.05, 4.69) is 5.32 Å². The van der Waals surface area contributed by atoms with Crippen LogP contribution < -0.4 is 5.32 Å². The number of sulfonamides is 1. The first-order valence-corrected chi connectivity index (χ1v) is 10.4. The van der Waals surface area contributed by atoms with Crippen LogP contribution in [-0.4, -0.2) is 49.8 Å². The third-order valence-electron chi connectivity index (χ3n) is 4.53. The maximum absolute atomic E-state index is 12.6. The van der Waals surface area contributed by atoms with E-state index in [9.17, 15) is 23.3 Å². The zero-order valence-corrected chi connectivity index (χ0v) is 17.7. The van der Waals surface area contributed by atoms with Crippen LogP contribution in [0.5, 0.6) is 0 Å². The van der Waals surface area contributed by atoms with Crippen LogP contribution in [0.15, 0.2) is 29.2 Å². The summed E-state index contributed by atoms with van der Waals surface area (Å²) in [6.45, 7) is 8.65. The lowest BCUT2D eigenvalue weighted by molar-refractivity contribution is -0.125. The number of carbonyl (C=O) groups is 2. The SMILES string of the molecule is CCN(CC)S(=O)(=O)c1cccc(C(=O)OCC(=O)N[C@@](C)(C#N)C(C)C)c1. The molecule has 1 atom stereocenters. The smallest absolute Gasteiger partial charge is 0.338 e. The van der Waals surface area contributed by atoms with E-state index in [0.29, 0.717) is 13.1 Å². The Hall–Kier alpha value is -2.44. The highest BCUT2D eigenvalue weighted by molar-refractivity contribution is 7.89. The fourth-order valence-electron chi connectivity index (χ4n) is 2.34. The Morgan fingerprint density at radius 2 is 1.89 bits per heavy atom. The fourth-order valence-corrected chi connectivity index (χ4v) is 3.84. The van der Waals surface area contributed by atoms with Crippen molar-refractivity contribution in [3.05, 3.63) is 29.8 Å². The molecule has 0 saturated heterocycles. The summed E-state index contributed by atoms with van der Waals surface area (Å²) in [7, 11) is -3.72. The minimum Gasteiger partial charge on any atom is -0.452 e. The van der Waals surface area contributed by atoms with Crippen LogP contribution in [0.4, 0.5) is 0 Å². The monoisotopic (exact) mass is 409 g/mol. The summed E-state index contributed by atoms with van der Waals surface area (Å²) in [5.74, 6) is -1.58. The van der Waals surface area contributed by atoms with Gasteiger partial charge in [-0.15, -0.1) is 0 Å². The second-order valence-corrected chi connectivity index (χ2v) is 8.65. The molecular weight excluding hydrogens is 382 g/mol. The molecule has 0 aliphatic carbocycles. The van der Waals surface area contributed by atoms with Crippen molar-refractivity contribution in [1.82, 2.24) is 9.62 Å². The summed E-state index contributed by atoms with van der Waals surface area (Å²) in [4.78, 5) is 24.2. The minimum absolute atomic E-state index is 0.0212. The lowest BCUT2D eigenvalue weighted by Crippen LogP contribution is -2.50. The summed E-state index contributed by atoms with van der Waals surface area (Å²) in [6.07, 6.45) is 0. The van der Waals surface area contributed by atoms with E-state index in [-0.39, 0.29) is 16.4 Å². The Morgan fingerprint density at radius 1 is 1.29 bits per heavy atom. The molecule has 0 aliphatic rings. The first-order chi connectivity index (χ1) is 13.0. The number of carbonyl (C=O) groups excluding carboxylic acids is 2. The van der Waals surface area contributed by atoms with Crippen molar-refractivity contribution in [3.63, 3.8) is 0 Å². The van der Waals surface area contributed by atoms with E-state index in [1.165, 1.54) is 28.6 Å². The van der Waals surface area contributed by atoms with Crippen molar-refractivity contribution < 1.29 is 22.7 Å². The molecule has 1 aromatic carbocycles. The van der Waals surface area contributed by atoms with Gasteiger partial charge in [-0.3, -0.25) is 4.79 Å². The molecule has 28 heavy (non-hydrogen) atoms. The van der Waals surface area contributed by atoms with Gasteiger partial charge in [-0.05, 0) is 31.0 Å². The van der Waals surface area contributed by atoms with Gasteiger partial charge in [0.2, 0.25) is 10.0 Å². The molecule has 0 aliphatic heterocycles. The Kier molecular flexibility index (Phi) is 8.14. The van der Waals surface area contributed by atoms with Gasteiger partial charge in [0.05, 0.1) is 16.5 Å². The van der Waals surface area contributed by atoms with Crippen LogP contribution in [0.25, 0.3) is 0 Å². The van der Waals surface area contributed by atoms with E-state index in [0.717, 1.165) is 0 Å². The van der Waals surface area contributed by atoms with Crippen molar-refractivity contribution in [2.75, 3.05) is 19.7 Å². The Balaban J connectivity index is 2.87. The standard InChI is InChI=1S/C19H27N3O5S/c1-6-22(7-2)28(25,26)16-10-8-9-15(11-16)18(24)27-12-17(23)21-19(5,13-20)14(3)4/h8-11,14H,6-7,12H2,1-5H3,(H,21,23)/t19-/m0/s1. The number of nitrogens with one attached hydrogen (secondary N) is 1. The summed E-state index contributed by atoms with van der Waals surface area (Å²) in [5, 5.41) is 11.8. The molecule has 9 heteroatoms. The molecule has 1 amide bonds. The second-order valence-electron chi connectivity index (χ2n) is 6.71. The van der Waals surface area contributed by atoms with Crippen molar-refractivity contribution in [2.24, 2.45) is 5.92 Å². The lowest BCUT2D eigenvalue weighted by atomic mass is 9.90.